The van der Waals surface area contributed by atoms with E-state index in [0.717, 1.165) is 34.4 Å². The van der Waals surface area contributed by atoms with Gasteiger partial charge in [0.15, 0.2) is 0 Å². The van der Waals surface area contributed by atoms with E-state index < -0.39 is 12.0 Å². The summed E-state index contributed by atoms with van der Waals surface area (Å²) in [4.78, 5) is 30.0. The first-order valence-corrected chi connectivity index (χ1v) is 15.3. The molecule has 0 aliphatic carbocycles. The van der Waals surface area contributed by atoms with Crippen molar-refractivity contribution in [2.45, 2.75) is 77.7 Å². The maximum Gasteiger partial charge on any atom is 0.328 e. The molecule has 0 unspecified atom stereocenters. The molecule has 44 heavy (non-hydrogen) atoms. The first kappa shape index (κ1) is 32.5. The van der Waals surface area contributed by atoms with Gasteiger partial charge in [0, 0.05) is 23.1 Å². The third-order valence-electron chi connectivity index (χ3n) is 7.50. The normalized spacial score (nSPS) is 12.0. The number of hydrogen-bond donors (Lipinski definition) is 1. The molecule has 1 N–H and O–H groups in total. The first-order valence-electron chi connectivity index (χ1n) is 15.3. The molecule has 0 bridgehead atoms. The van der Waals surface area contributed by atoms with Gasteiger partial charge in [-0.15, -0.1) is 0 Å². The molecule has 4 rings (SSSR count). The average molecular weight is 598 g/mol. The third kappa shape index (κ3) is 9.02. The second-order valence-corrected chi connectivity index (χ2v) is 12.0. The lowest BCUT2D eigenvalue weighted by atomic mass is 9.86. The van der Waals surface area contributed by atoms with Gasteiger partial charge < -0.3 is 19.3 Å². The van der Waals surface area contributed by atoms with Crippen molar-refractivity contribution in [3.8, 4) is 28.6 Å². The summed E-state index contributed by atoms with van der Waals surface area (Å²) in [7, 11) is 1.31. The van der Waals surface area contributed by atoms with E-state index in [9.17, 15) is 9.59 Å². The van der Waals surface area contributed by atoms with E-state index in [1.807, 2.05) is 60.7 Å². The van der Waals surface area contributed by atoms with Crippen molar-refractivity contribution in [2.24, 2.45) is 0 Å². The molecule has 0 saturated heterocycles. The van der Waals surface area contributed by atoms with E-state index in [0.29, 0.717) is 23.9 Å². The molecular formula is C36H43N3O5. The van der Waals surface area contributed by atoms with Crippen LogP contribution >= 0.6 is 0 Å². The Kier molecular flexibility index (Phi) is 11.3. The minimum atomic E-state index is -0.844. The summed E-state index contributed by atoms with van der Waals surface area (Å²) < 4.78 is 16.4. The molecule has 0 radical (unpaired) electrons. The van der Waals surface area contributed by atoms with Gasteiger partial charge in [0.1, 0.15) is 11.8 Å². The number of carbonyl (C=O) groups is 2. The van der Waals surface area contributed by atoms with Crippen LogP contribution in [-0.4, -0.2) is 41.8 Å². The molecule has 0 aliphatic heterocycles. The molecule has 3 aromatic carbocycles. The maximum atomic E-state index is 12.9. The lowest BCUT2D eigenvalue weighted by molar-refractivity contribution is -0.142. The summed E-state index contributed by atoms with van der Waals surface area (Å²) in [6, 6.07) is 21.7. The Balaban J connectivity index is 1.35. The van der Waals surface area contributed by atoms with Crippen molar-refractivity contribution in [1.29, 1.82) is 0 Å². The molecule has 0 fully saturated rings. The summed E-state index contributed by atoms with van der Waals surface area (Å²) in [5.41, 5.74) is 4.00. The summed E-state index contributed by atoms with van der Waals surface area (Å²) in [5.74, 6) is 0.842. The second kappa shape index (κ2) is 15.3. The number of rotatable bonds is 14. The highest BCUT2D eigenvalue weighted by molar-refractivity contribution is 5.96. The van der Waals surface area contributed by atoms with Crippen LogP contribution in [0.4, 0.5) is 0 Å². The van der Waals surface area contributed by atoms with Crippen LogP contribution in [0.3, 0.4) is 0 Å². The molecule has 1 heterocycles. The summed E-state index contributed by atoms with van der Waals surface area (Å²) >= 11 is 0. The zero-order valence-electron chi connectivity index (χ0n) is 26.4. The minimum Gasteiger partial charge on any atom is -0.494 e. The third-order valence-corrected chi connectivity index (χ3v) is 7.50. The Bertz CT molecular complexity index is 1490. The number of amides is 1. The highest BCUT2D eigenvalue weighted by Gasteiger charge is 2.23. The molecule has 8 nitrogen and oxygen atoms in total. The lowest BCUT2D eigenvalue weighted by Gasteiger charge is -2.20. The van der Waals surface area contributed by atoms with Crippen LogP contribution in [0.25, 0.3) is 22.8 Å². The van der Waals surface area contributed by atoms with Crippen molar-refractivity contribution in [3.63, 3.8) is 0 Å². The van der Waals surface area contributed by atoms with Crippen LogP contribution in [0.1, 0.15) is 81.3 Å². The monoisotopic (exact) mass is 597 g/mol. The highest BCUT2D eigenvalue weighted by atomic mass is 16.5. The van der Waals surface area contributed by atoms with Gasteiger partial charge >= 0.3 is 5.97 Å². The molecule has 232 valence electrons. The number of aromatic nitrogens is 2. The Hall–Kier alpha value is -4.46. The minimum absolute atomic E-state index is 0.0216. The standard InChI is InChI=1S/C36H43N3O5/c1-6-7-8-9-10-23-43-30-21-17-26(18-22-30)32-38-34(44-39-32)28-13-11-25(12-14-28)24-31(35(41)42-5)37-33(40)27-15-19-29(20-16-27)36(2,3)4/h11-22,31H,6-10,23-24H2,1-5H3,(H,37,40)/t31-/m0/s1. The summed E-state index contributed by atoms with van der Waals surface area (Å²) in [6.45, 7) is 9.27. The quantitative estimate of drug-likeness (QED) is 0.118. The zero-order valence-corrected chi connectivity index (χ0v) is 26.4. The van der Waals surface area contributed by atoms with E-state index in [2.05, 4.69) is 43.2 Å². The van der Waals surface area contributed by atoms with Gasteiger partial charge in [0.2, 0.25) is 5.82 Å². The molecular weight excluding hydrogens is 554 g/mol. The van der Waals surface area contributed by atoms with Crippen LogP contribution in [-0.2, 0) is 21.4 Å². The van der Waals surface area contributed by atoms with Crippen LogP contribution in [0, 0.1) is 0 Å². The van der Waals surface area contributed by atoms with E-state index in [4.69, 9.17) is 14.0 Å². The lowest BCUT2D eigenvalue weighted by Crippen LogP contribution is -2.43. The largest absolute Gasteiger partial charge is 0.494 e. The number of carbonyl (C=O) groups excluding carboxylic acids is 2. The van der Waals surface area contributed by atoms with Crippen molar-refractivity contribution >= 4 is 11.9 Å². The van der Waals surface area contributed by atoms with Gasteiger partial charge in [-0.1, -0.05) is 82.8 Å². The average Bonchev–Trinajstić information content (AvgIpc) is 3.53. The molecule has 0 spiro atoms. The van der Waals surface area contributed by atoms with Crippen LogP contribution in [0.5, 0.6) is 5.75 Å². The van der Waals surface area contributed by atoms with Crippen molar-refractivity contribution in [3.05, 3.63) is 89.5 Å². The van der Waals surface area contributed by atoms with E-state index in [1.165, 1.54) is 32.8 Å². The number of benzene rings is 3. The molecule has 0 aliphatic rings. The fraction of sp³-hybridized carbons (Fsp3) is 0.389. The Labute approximate surface area is 260 Å². The maximum absolute atomic E-state index is 12.9. The second-order valence-electron chi connectivity index (χ2n) is 12.0. The number of methoxy groups -OCH3 is 1. The smallest absolute Gasteiger partial charge is 0.328 e. The number of nitrogens with zero attached hydrogens (tertiary/aromatic N) is 2. The van der Waals surface area contributed by atoms with Crippen LogP contribution < -0.4 is 10.1 Å². The molecule has 1 atom stereocenters. The van der Waals surface area contributed by atoms with Gasteiger partial charge in [-0.3, -0.25) is 4.79 Å². The zero-order chi connectivity index (χ0) is 31.5. The van der Waals surface area contributed by atoms with Crippen LogP contribution in [0.2, 0.25) is 0 Å². The predicted octanol–water partition coefficient (Wildman–Crippen LogP) is 7.56. The summed E-state index contributed by atoms with van der Waals surface area (Å²) in [5, 5.41) is 6.97. The van der Waals surface area contributed by atoms with E-state index in [-0.39, 0.29) is 17.7 Å². The Morgan fingerprint density at radius 1 is 0.864 bits per heavy atom. The number of hydrogen-bond acceptors (Lipinski definition) is 7. The van der Waals surface area contributed by atoms with Crippen molar-refractivity contribution < 1.29 is 23.6 Å². The Morgan fingerprint density at radius 3 is 2.16 bits per heavy atom. The first-order chi connectivity index (χ1) is 21.2. The van der Waals surface area contributed by atoms with Crippen LogP contribution in [0.15, 0.2) is 77.3 Å². The van der Waals surface area contributed by atoms with Gasteiger partial charge in [-0.2, -0.15) is 4.98 Å². The Morgan fingerprint density at radius 2 is 1.52 bits per heavy atom. The molecule has 8 heteroatoms. The highest BCUT2D eigenvalue weighted by Crippen LogP contribution is 2.25. The van der Waals surface area contributed by atoms with Gasteiger partial charge in [0.05, 0.1) is 13.7 Å². The molecule has 1 amide bonds. The number of ether oxygens (including phenoxy) is 2. The molecule has 0 saturated carbocycles. The summed E-state index contributed by atoms with van der Waals surface area (Å²) in [6.07, 6.45) is 6.27. The predicted molar refractivity (Wildman–Crippen MR) is 172 cm³/mol. The van der Waals surface area contributed by atoms with Gasteiger partial charge in [-0.25, -0.2) is 4.79 Å². The van der Waals surface area contributed by atoms with Crippen molar-refractivity contribution in [2.75, 3.05) is 13.7 Å². The van der Waals surface area contributed by atoms with E-state index in [1.54, 1.807) is 12.1 Å². The fourth-order valence-corrected chi connectivity index (χ4v) is 4.77. The fourth-order valence-electron chi connectivity index (χ4n) is 4.77. The molecule has 4 aromatic rings. The van der Waals surface area contributed by atoms with E-state index >= 15 is 0 Å². The topological polar surface area (TPSA) is 104 Å². The molecule has 1 aromatic heterocycles. The van der Waals surface area contributed by atoms with Gasteiger partial charge in [-0.05, 0) is 71.5 Å². The number of esters is 1. The number of unbranched alkanes of at least 4 members (excludes halogenated alkanes) is 4. The van der Waals surface area contributed by atoms with Crippen molar-refractivity contribution in [1.82, 2.24) is 15.5 Å². The van der Waals surface area contributed by atoms with Gasteiger partial charge in [0.25, 0.3) is 11.8 Å². The number of nitrogens with one attached hydrogen (secondary N) is 1. The SMILES string of the molecule is CCCCCCCOc1ccc(-c2noc(-c3ccc(C[C@H](NC(=O)c4ccc(C(C)(C)C)cc4)C(=O)OC)cc3)n2)cc1.